The van der Waals surface area contributed by atoms with E-state index < -0.39 is 12.0 Å². The lowest BCUT2D eigenvalue weighted by molar-refractivity contribution is -0.127. The van der Waals surface area contributed by atoms with Gasteiger partial charge in [-0.15, -0.1) is 0 Å². The summed E-state index contributed by atoms with van der Waals surface area (Å²) in [5, 5.41) is 4.93. The molecule has 3 rings (SSSR count). The Balaban J connectivity index is 1.62. The first-order chi connectivity index (χ1) is 12.4. The lowest BCUT2D eigenvalue weighted by Gasteiger charge is -2.14. The Morgan fingerprint density at radius 2 is 1.96 bits per heavy atom. The topological polar surface area (TPSA) is 69.2 Å². The van der Waals surface area contributed by atoms with Crippen LogP contribution in [0.5, 0.6) is 17.2 Å². The van der Waals surface area contributed by atoms with E-state index in [1.54, 1.807) is 44.2 Å². The highest BCUT2D eigenvalue weighted by Gasteiger charge is 2.17. The fourth-order valence-corrected chi connectivity index (χ4v) is 2.68. The fraction of sp³-hybridized carbons (Fsp3) is 0.222. The maximum atomic E-state index is 12.2. The number of benzene rings is 2. The molecule has 26 heavy (non-hydrogen) atoms. The van der Waals surface area contributed by atoms with Crippen LogP contribution < -0.4 is 19.6 Å². The van der Waals surface area contributed by atoms with Gasteiger partial charge in [0.15, 0.2) is 17.6 Å². The molecule has 8 heteroatoms. The highest BCUT2D eigenvalue weighted by atomic mass is 35.5. The van der Waals surface area contributed by atoms with Gasteiger partial charge < -0.3 is 14.2 Å². The van der Waals surface area contributed by atoms with Gasteiger partial charge in [-0.25, -0.2) is 5.43 Å². The van der Waals surface area contributed by atoms with Crippen LogP contribution >= 0.6 is 23.2 Å². The third-order valence-corrected chi connectivity index (χ3v) is 4.22. The molecule has 2 aromatic rings. The first kappa shape index (κ1) is 18.4. The molecule has 0 fully saturated rings. The molecule has 0 saturated heterocycles. The Morgan fingerprint density at radius 3 is 2.73 bits per heavy atom. The van der Waals surface area contributed by atoms with Crippen molar-refractivity contribution >= 4 is 34.8 Å². The van der Waals surface area contributed by atoms with Crippen LogP contribution in [0.2, 0.25) is 10.0 Å². The Bertz CT molecular complexity index is 870. The molecule has 0 spiro atoms. The Kier molecular flexibility index (Phi) is 5.54. The van der Waals surface area contributed by atoms with Crippen molar-refractivity contribution in [1.29, 1.82) is 0 Å². The van der Waals surface area contributed by atoms with E-state index in [-0.39, 0.29) is 6.79 Å². The second-order valence-corrected chi connectivity index (χ2v) is 6.42. The molecule has 2 aromatic carbocycles. The largest absolute Gasteiger partial charge is 0.479 e. The normalized spacial score (nSPS) is 14.1. The zero-order valence-electron chi connectivity index (χ0n) is 14.1. The number of rotatable bonds is 5. The molecule has 0 bridgehead atoms. The van der Waals surface area contributed by atoms with E-state index in [1.165, 1.54) is 0 Å². The Morgan fingerprint density at radius 1 is 1.19 bits per heavy atom. The summed E-state index contributed by atoms with van der Waals surface area (Å²) in [7, 11) is 0. The first-order valence-electron chi connectivity index (χ1n) is 7.80. The summed E-state index contributed by atoms with van der Waals surface area (Å²) >= 11 is 11.9. The smallest absolute Gasteiger partial charge is 0.280 e. The minimum absolute atomic E-state index is 0.202. The molecule has 1 atom stereocenters. The van der Waals surface area contributed by atoms with Crippen molar-refractivity contribution in [2.24, 2.45) is 5.10 Å². The first-order valence-corrected chi connectivity index (χ1v) is 8.55. The zero-order valence-corrected chi connectivity index (χ0v) is 15.6. The van der Waals surface area contributed by atoms with Crippen molar-refractivity contribution in [2.45, 2.75) is 20.0 Å². The summed E-state index contributed by atoms with van der Waals surface area (Å²) in [5.74, 6) is 1.30. The molecule has 0 aromatic heterocycles. The minimum atomic E-state index is -0.790. The van der Waals surface area contributed by atoms with Crippen LogP contribution in [0.3, 0.4) is 0 Å². The van der Waals surface area contributed by atoms with E-state index in [2.05, 4.69) is 10.5 Å². The van der Waals surface area contributed by atoms with Crippen LogP contribution in [0, 0.1) is 0 Å². The molecule has 0 saturated carbocycles. The maximum absolute atomic E-state index is 12.2. The Labute approximate surface area is 160 Å². The summed E-state index contributed by atoms with van der Waals surface area (Å²) < 4.78 is 16.2. The van der Waals surface area contributed by atoms with Gasteiger partial charge in [0.25, 0.3) is 5.91 Å². The summed E-state index contributed by atoms with van der Waals surface area (Å²) in [6, 6.07) is 10.2. The predicted octanol–water partition coefficient (Wildman–Crippen LogP) is 4.03. The number of fused-ring (bicyclic) bond motifs is 1. The average molecular weight is 395 g/mol. The number of hydrogen-bond acceptors (Lipinski definition) is 5. The zero-order chi connectivity index (χ0) is 18.7. The summed E-state index contributed by atoms with van der Waals surface area (Å²) in [5.41, 5.74) is 3.91. The number of carbonyl (C=O) groups is 1. The minimum Gasteiger partial charge on any atom is -0.479 e. The van der Waals surface area contributed by atoms with Gasteiger partial charge in [-0.05, 0) is 50.2 Å². The van der Waals surface area contributed by atoms with Crippen molar-refractivity contribution in [2.75, 3.05) is 6.79 Å². The number of amides is 1. The number of nitrogens with one attached hydrogen (secondary N) is 1. The van der Waals surface area contributed by atoms with Crippen LogP contribution in [0.1, 0.15) is 19.4 Å². The molecule has 6 nitrogen and oxygen atoms in total. The molecule has 1 unspecified atom stereocenters. The standard InChI is InChI=1S/C18H16Cl2N2O4/c1-10(12-3-5-16-17(7-12)25-9-24-16)21-22-18(23)11(2)26-15-6-4-13(19)8-14(15)20/h3-8,11H,9H2,1-2H3,(H,22,23). The number of carbonyl (C=O) groups excluding carboxylic acids is 1. The van der Waals surface area contributed by atoms with Crippen LogP contribution in [0.25, 0.3) is 0 Å². The molecular formula is C18H16Cl2N2O4. The van der Waals surface area contributed by atoms with Crippen molar-refractivity contribution in [3.05, 3.63) is 52.0 Å². The predicted molar refractivity (Wildman–Crippen MR) is 99.5 cm³/mol. The summed E-state index contributed by atoms with van der Waals surface area (Å²) in [6.45, 7) is 3.58. The van der Waals surface area contributed by atoms with Gasteiger partial charge in [0, 0.05) is 10.6 Å². The van der Waals surface area contributed by atoms with E-state index in [0.717, 1.165) is 5.56 Å². The van der Waals surface area contributed by atoms with Crippen LogP contribution in [0.15, 0.2) is 41.5 Å². The number of hydrazone groups is 1. The molecule has 1 amide bonds. The van der Waals surface area contributed by atoms with Gasteiger partial charge in [0.05, 0.1) is 10.7 Å². The molecule has 1 heterocycles. The monoisotopic (exact) mass is 394 g/mol. The molecule has 1 N–H and O–H groups in total. The second-order valence-electron chi connectivity index (χ2n) is 5.58. The number of ether oxygens (including phenoxy) is 3. The van der Waals surface area contributed by atoms with Crippen molar-refractivity contribution in [3.8, 4) is 17.2 Å². The highest BCUT2D eigenvalue weighted by Crippen LogP contribution is 2.32. The number of nitrogens with zero attached hydrogens (tertiary/aromatic N) is 1. The molecule has 0 radical (unpaired) electrons. The van der Waals surface area contributed by atoms with Crippen molar-refractivity contribution < 1.29 is 19.0 Å². The van der Waals surface area contributed by atoms with E-state index in [4.69, 9.17) is 37.4 Å². The summed E-state index contributed by atoms with van der Waals surface area (Å²) in [4.78, 5) is 12.2. The van der Waals surface area contributed by atoms with E-state index in [0.29, 0.717) is 33.0 Å². The Hall–Kier alpha value is -2.44. The van der Waals surface area contributed by atoms with Gasteiger partial charge >= 0.3 is 0 Å². The lowest BCUT2D eigenvalue weighted by Crippen LogP contribution is -2.34. The average Bonchev–Trinajstić information content (AvgIpc) is 3.09. The third kappa shape index (κ3) is 4.20. The second kappa shape index (κ2) is 7.85. The van der Waals surface area contributed by atoms with E-state index >= 15 is 0 Å². The molecule has 1 aliphatic heterocycles. The van der Waals surface area contributed by atoms with Gasteiger partial charge in [-0.1, -0.05) is 23.2 Å². The van der Waals surface area contributed by atoms with Crippen LogP contribution in [-0.4, -0.2) is 24.5 Å². The summed E-state index contributed by atoms with van der Waals surface area (Å²) in [6.07, 6.45) is -0.790. The van der Waals surface area contributed by atoms with E-state index in [9.17, 15) is 4.79 Å². The number of hydrogen-bond donors (Lipinski definition) is 1. The molecule has 136 valence electrons. The van der Waals surface area contributed by atoms with Crippen LogP contribution in [-0.2, 0) is 4.79 Å². The van der Waals surface area contributed by atoms with Gasteiger partial charge in [0.1, 0.15) is 5.75 Å². The SMILES string of the molecule is CC(=NNC(=O)C(C)Oc1ccc(Cl)cc1Cl)c1ccc2c(c1)OCO2. The number of halogens is 2. The lowest BCUT2D eigenvalue weighted by atomic mass is 10.1. The van der Waals surface area contributed by atoms with Gasteiger partial charge in [-0.3, -0.25) is 4.79 Å². The highest BCUT2D eigenvalue weighted by molar-refractivity contribution is 6.35. The van der Waals surface area contributed by atoms with Crippen LogP contribution in [0.4, 0.5) is 0 Å². The molecule has 1 aliphatic rings. The van der Waals surface area contributed by atoms with Crippen molar-refractivity contribution in [3.63, 3.8) is 0 Å². The molecule has 0 aliphatic carbocycles. The van der Waals surface area contributed by atoms with E-state index in [1.807, 2.05) is 6.07 Å². The quantitative estimate of drug-likeness (QED) is 0.613. The van der Waals surface area contributed by atoms with Gasteiger partial charge in [0.2, 0.25) is 6.79 Å². The molecular weight excluding hydrogens is 379 g/mol. The maximum Gasteiger partial charge on any atom is 0.280 e. The van der Waals surface area contributed by atoms with Gasteiger partial charge in [-0.2, -0.15) is 5.10 Å². The fourth-order valence-electron chi connectivity index (χ4n) is 2.23. The van der Waals surface area contributed by atoms with Crippen molar-refractivity contribution in [1.82, 2.24) is 5.43 Å². The third-order valence-electron chi connectivity index (χ3n) is 3.69.